The Morgan fingerprint density at radius 2 is 2.00 bits per heavy atom. The molecule has 0 saturated carbocycles. The number of hydrogen-bond acceptors (Lipinski definition) is 3. The lowest BCUT2D eigenvalue weighted by Crippen LogP contribution is -2.02. The lowest BCUT2D eigenvalue weighted by Gasteiger charge is -2.08. The third-order valence-electron chi connectivity index (χ3n) is 2.52. The highest BCUT2D eigenvalue weighted by atomic mass is 79.9. The lowest BCUT2D eigenvalue weighted by molar-refractivity contribution is 0.0693. The standard InChI is InChI=1S/C15H13BrO3S/c16-11-4-3-5-12(10-11)19-8-9-20-14-7-2-1-6-13(14)15(17)18/h1-7,10H,8-9H2,(H,17,18). The van der Waals surface area contributed by atoms with Crippen molar-refractivity contribution in [2.24, 2.45) is 0 Å². The Morgan fingerprint density at radius 1 is 1.20 bits per heavy atom. The van der Waals surface area contributed by atoms with E-state index in [2.05, 4.69) is 15.9 Å². The number of aromatic carboxylic acids is 1. The van der Waals surface area contributed by atoms with Crippen molar-refractivity contribution in [1.29, 1.82) is 0 Å². The summed E-state index contributed by atoms with van der Waals surface area (Å²) in [6.07, 6.45) is 0. The molecule has 3 nitrogen and oxygen atoms in total. The van der Waals surface area contributed by atoms with Gasteiger partial charge in [-0.25, -0.2) is 4.79 Å². The molecule has 0 saturated heterocycles. The molecule has 0 aliphatic rings. The Kier molecular flexibility index (Phi) is 5.49. The maximum atomic E-state index is 11.1. The molecular weight excluding hydrogens is 340 g/mol. The zero-order valence-electron chi connectivity index (χ0n) is 10.6. The van der Waals surface area contributed by atoms with E-state index in [9.17, 15) is 4.79 Å². The first-order chi connectivity index (χ1) is 9.66. The van der Waals surface area contributed by atoms with E-state index in [1.165, 1.54) is 11.8 Å². The number of ether oxygens (including phenoxy) is 1. The van der Waals surface area contributed by atoms with Crippen LogP contribution in [-0.4, -0.2) is 23.4 Å². The highest BCUT2D eigenvalue weighted by Crippen LogP contribution is 2.23. The summed E-state index contributed by atoms with van der Waals surface area (Å²) in [5, 5.41) is 9.08. The normalized spacial score (nSPS) is 10.2. The van der Waals surface area contributed by atoms with Crippen LogP contribution in [0.25, 0.3) is 0 Å². The van der Waals surface area contributed by atoms with Gasteiger partial charge in [0, 0.05) is 15.1 Å². The minimum absolute atomic E-state index is 0.333. The van der Waals surface area contributed by atoms with E-state index in [1.54, 1.807) is 12.1 Å². The summed E-state index contributed by atoms with van der Waals surface area (Å²) in [6, 6.07) is 14.6. The Bertz CT molecular complexity index is 601. The summed E-state index contributed by atoms with van der Waals surface area (Å²) in [4.78, 5) is 11.8. The van der Waals surface area contributed by atoms with Gasteiger partial charge >= 0.3 is 5.97 Å². The molecular formula is C15H13BrO3S. The minimum atomic E-state index is -0.902. The van der Waals surface area contributed by atoms with E-state index in [0.717, 1.165) is 15.1 Å². The quantitative estimate of drug-likeness (QED) is 0.621. The first kappa shape index (κ1) is 14.9. The van der Waals surface area contributed by atoms with E-state index in [4.69, 9.17) is 9.84 Å². The summed E-state index contributed by atoms with van der Waals surface area (Å²) < 4.78 is 6.58. The average molecular weight is 353 g/mol. The number of hydrogen-bond donors (Lipinski definition) is 1. The fourth-order valence-electron chi connectivity index (χ4n) is 1.64. The molecule has 104 valence electrons. The molecule has 0 aromatic heterocycles. The highest BCUT2D eigenvalue weighted by Gasteiger charge is 2.08. The van der Waals surface area contributed by atoms with Crippen molar-refractivity contribution in [3.05, 3.63) is 58.6 Å². The number of carbonyl (C=O) groups is 1. The molecule has 2 aromatic carbocycles. The van der Waals surface area contributed by atoms with Crippen LogP contribution in [-0.2, 0) is 0 Å². The molecule has 0 bridgehead atoms. The fourth-order valence-corrected chi connectivity index (χ4v) is 2.89. The Balaban J connectivity index is 1.86. The number of carboxylic acid groups (broad SMARTS) is 1. The van der Waals surface area contributed by atoms with Crippen LogP contribution < -0.4 is 4.74 Å². The maximum Gasteiger partial charge on any atom is 0.336 e. The molecule has 1 N–H and O–H groups in total. The zero-order chi connectivity index (χ0) is 14.4. The van der Waals surface area contributed by atoms with Gasteiger partial charge in [-0.3, -0.25) is 0 Å². The van der Waals surface area contributed by atoms with Crippen LogP contribution in [0, 0.1) is 0 Å². The van der Waals surface area contributed by atoms with Crippen molar-refractivity contribution >= 4 is 33.7 Å². The molecule has 0 heterocycles. The van der Waals surface area contributed by atoms with Gasteiger partial charge in [0.1, 0.15) is 5.75 Å². The fraction of sp³-hybridized carbons (Fsp3) is 0.133. The zero-order valence-corrected chi connectivity index (χ0v) is 13.0. The monoisotopic (exact) mass is 352 g/mol. The molecule has 0 atom stereocenters. The van der Waals surface area contributed by atoms with Gasteiger partial charge in [0.15, 0.2) is 0 Å². The van der Waals surface area contributed by atoms with E-state index < -0.39 is 5.97 Å². The van der Waals surface area contributed by atoms with Gasteiger partial charge in [0.25, 0.3) is 0 Å². The van der Waals surface area contributed by atoms with Crippen LogP contribution in [0.4, 0.5) is 0 Å². The predicted octanol–water partition coefficient (Wildman–Crippen LogP) is 4.32. The Morgan fingerprint density at radius 3 is 2.75 bits per heavy atom. The lowest BCUT2D eigenvalue weighted by atomic mass is 10.2. The minimum Gasteiger partial charge on any atom is -0.493 e. The molecule has 0 aliphatic heterocycles. The molecule has 0 spiro atoms. The summed E-state index contributed by atoms with van der Waals surface area (Å²) in [6.45, 7) is 0.523. The largest absolute Gasteiger partial charge is 0.493 e. The number of halogens is 1. The number of carboxylic acids is 1. The number of benzene rings is 2. The van der Waals surface area contributed by atoms with Gasteiger partial charge in [-0.15, -0.1) is 11.8 Å². The third kappa shape index (κ3) is 4.28. The second-order valence-electron chi connectivity index (χ2n) is 3.96. The molecule has 20 heavy (non-hydrogen) atoms. The smallest absolute Gasteiger partial charge is 0.336 e. The molecule has 5 heteroatoms. The van der Waals surface area contributed by atoms with Gasteiger partial charge in [0.05, 0.1) is 12.2 Å². The molecule has 0 unspecified atom stereocenters. The van der Waals surface area contributed by atoms with Crippen molar-refractivity contribution in [3.8, 4) is 5.75 Å². The second kappa shape index (κ2) is 7.36. The van der Waals surface area contributed by atoms with Gasteiger partial charge in [0.2, 0.25) is 0 Å². The molecule has 0 aliphatic carbocycles. The number of rotatable bonds is 6. The van der Waals surface area contributed by atoms with Gasteiger partial charge < -0.3 is 9.84 Å². The third-order valence-corrected chi connectivity index (χ3v) is 4.05. The van der Waals surface area contributed by atoms with Crippen LogP contribution in [0.5, 0.6) is 5.75 Å². The van der Waals surface area contributed by atoms with Crippen LogP contribution >= 0.6 is 27.7 Å². The van der Waals surface area contributed by atoms with E-state index in [0.29, 0.717) is 17.9 Å². The van der Waals surface area contributed by atoms with E-state index in [1.807, 2.05) is 36.4 Å². The van der Waals surface area contributed by atoms with Gasteiger partial charge in [-0.05, 0) is 30.3 Å². The van der Waals surface area contributed by atoms with Crippen LogP contribution in [0.2, 0.25) is 0 Å². The highest BCUT2D eigenvalue weighted by molar-refractivity contribution is 9.10. The first-order valence-electron chi connectivity index (χ1n) is 6.00. The van der Waals surface area contributed by atoms with Crippen molar-refractivity contribution in [3.63, 3.8) is 0 Å². The number of thioether (sulfide) groups is 1. The van der Waals surface area contributed by atoms with E-state index >= 15 is 0 Å². The predicted molar refractivity (Wildman–Crippen MR) is 83.8 cm³/mol. The molecule has 0 radical (unpaired) electrons. The topological polar surface area (TPSA) is 46.5 Å². The average Bonchev–Trinajstić information content (AvgIpc) is 2.44. The van der Waals surface area contributed by atoms with Crippen LogP contribution in [0.15, 0.2) is 57.9 Å². The Hall–Kier alpha value is -1.46. The SMILES string of the molecule is O=C(O)c1ccccc1SCCOc1cccc(Br)c1. The summed E-state index contributed by atoms with van der Waals surface area (Å²) in [5.74, 6) is 0.587. The van der Waals surface area contributed by atoms with Crippen molar-refractivity contribution in [2.75, 3.05) is 12.4 Å². The van der Waals surface area contributed by atoms with Crippen molar-refractivity contribution in [1.82, 2.24) is 0 Å². The van der Waals surface area contributed by atoms with Crippen molar-refractivity contribution < 1.29 is 14.6 Å². The summed E-state index contributed by atoms with van der Waals surface area (Å²) >= 11 is 4.86. The summed E-state index contributed by atoms with van der Waals surface area (Å²) in [5.41, 5.74) is 0.333. The first-order valence-corrected chi connectivity index (χ1v) is 7.78. The van der Waals surface area contributed by atoms with Crippen LogP contribution in [0.3, 0.4) is 0 Å². The molecule has 0 amide bonds. The van der Waals surface area contributed by atoms with Crippen molar-refractivity contribution in [2.45, 2.75) is 4.90 Å². The Labute approximate surface area is 130 Å². The van der Waals surface area contributed by atoms with Gasteiger partial charge in [-0.2, -0.15) is 0 Å². The molecule has 2 rings (SSSR count). The second-order valence-corrected chi connectivity index (χ2v) is 6.01. The van der Waals surface area contributed by atoms with E-state index in [-0.39, 0.29) is 0 Å². The summed E-state index contributed by atoms with van der Waals surface area (Å²) in [7, 11) is 0. The maximum absolute atomic E-state index is 11.1. The van der Waals surface area contributed by atoms with Gasteiger partial charge in [-0.1, -0.05) is 34.1 Å². The van der Waals surface area contributed by atoms with Crippen LogP contribution in [0.1, 0.15) is 10.4 Å². The molecule has 0 fully saturated rings. The molecule has 2 aromatic rings.